The average molecular weight is 512 g/mol. The second-order valence-electron chi connectivity index (χ2n) is 9.83. The van der Waals surface area contributed by atoms with Gasteiger partial charge in [-0.2, -0.15) is 0 Å². The summed E-state index contributed by atoms with van der Waals surface area (Å²) in [6, 6.07) is 13.1. The van der Waals surface area contributed by atoms with Crippen LogP contribution in [0.2, 0.25) is 0 Å². The molecular weight excluding hydrogens is 482 g/mol. The van der Waals surface area contributed by atoms with E-state index in [2.05, 4.69) is 20.9 Å². The van der Waals surface area contributed by atoms with E-state index in [1.807, 2.05) is 43.0 Å². The number of anilines is 1. The van der Waals surface area contributed by atoms with Crippen LogP contribution in [0, 0.1) is 0 Å². The number of para-hydroxylation sites is 1. The molecule has 190 valence electrons. The Morgan fingerprint density at radius 3 is 2.53 bits per heavy atom. The first-order valence-electron chi connectivity index (χ1n) is 11.9. The van der Waals surface area contributed by atoms with Gasteiger partial charge in [0.05, 0.1) is 22.4 Å². The van der Waals surface area contributed by atoms with Gasteiger partial charge in [-0.3, -0.25) is 19.8 Å². The number of benzene rings is 2. The number of imide groups is 1. The molecule has 1 spiro atoms. The zero-order chi connectivity index (χ0) is 25.7. The molecule has 5 rings (SSSR count). The normalized spacial score (nSPS) is 25.1. The molecule has 2 atom stereocenters. The number of nitrogens with zero attached hydrogens (tertiary/aromatic N) is 2. The predicted molar refractivity (Wildman–Crippen MR) is 133 cm³/mol. The molecule has 4 amide bonds. The Bertz CT molecular complexity index is 1330. The summed E-state index contributed by atoms with van der Waals surface area (Å²) in [5, 5.41) is 7.99. The molecule has 2 aromatic rings. The topological polar surface area (TPSA) is 128 Å². The number of nitrogens with one attached hydrogen (secondary N) is 3. The highest BCUT2D eigenvalue weighted by Crippen LogP contribution is 2.31. The van der Waals surface area contributed by atoms with E-state index in [1.165, 1.54) is 0 Å². The van der Waals surface area contributed by atoms with Gasteiger partial charge in [0.15, 0.2) is 15.4 Å². The minimum absolute atomic E-state index is 0.0607. The lowest BCUT2D eigenvalue weighted by molar-refractivity contribution is -0.124. The molecule has 36 heavy (non-hydrogen) atoms. The number of carbonyl (C=O) groups excluding carboxylic acids is 3. The zero-order valence-electron chi connectivity index (χ0n) is 20.2. The standard InChI is InChI=1S/C25H29N5O5S/c1-16(2)30-14-21(25(15-30)23(32)27-24(33)28-25)26-22(31)18-9-7-17(8-10-18)13-29-11-12-36(34,35)20-6-4-3-5-19(20)29/h3-10,16,21H,11-15H2,1-2H3,(H,26,31)(H2,27,28,32,33). The molecular formula is C25H29N5O5S. The lowest BCUT2D eigenvalue weighted by atomic mass is 9.93. The van der Waals surface area contributed by atoms with E-state index < -0.39 is 33.4 Å². The summed E-state index contributed by atoms with van der Waals surface area (Å²) in [5.41, 5.74) is 0.859. The van der Waals surface area contributed by atoms with E-state index in [-0.39, 0.29) is 17.7 Å². The SMILES string of the molecule is CC(C)N1CC(NC(=O)c2ccc(CN3CCS(=O)(=O)c4ccccc43)cc2)C2(C1)NC(=O)NC2=O. The first kappa shape index (κ1) is 24.3. The molecule has 2 fully saturated rings. The van der Waals surface area contributed by atoms with Gasteiger partial charge in [-0.1, -0.05) is 24.3 Å². The molecule has 2 saturated heterocycles. The Labute approximate surface area is 209 Å². The van der Waals surface area contributed by atoms with Crippen molar-refractivity contribution in [3.05, 3.63) is 59.7 Å². The van der Waals surface area contributed by atoms with Crippen molar-refractivity contribution in [2.45, 2.75) is 42.9 Å². The molecule has 11 heteroatoms. The fourth-order valence-corrected chi connectivity index (χ4v) is 6.62. The van der Waals surface area contributed by atoms with Crippen LogP contribution in [0.15, 0.2) is 53.4 Å². The highest BCUT2D eigenvalue weighted by atomic mass is 32.2. The van der Waals surface area contributed by atoms with Gasteiger partial charge < -0.3 is 15.5 Å². The van der Waals surface area contributed by atoms with Gasteiger partial charge in [0.25, 0.3) is 11.8 Å². The van der Waals surface area contributed by atoms with E-state index in [1.54, 1.807) is 24.3 Å². The van der Waals surface area contributed by atoms with Crippen molar-refractivity contribution >= 4 is 33.4 Å². The first-order valence-corrected chi connectivity index (χ1v) is 13.6. The fraction of sp³-hybridized carbons (Fsp3) is 0.400. The predicted octanol–water partition coefficient (Wildman–Crippen LogP) is 0.881. The molecule has 3 aliphatic heterocycles. The number of urea groups is 1. The van der Waals surface area contributed by atoms with Crippen molar-refractivity contribution in [1.82, 2.24) is 20.9 Å². The summed E-state index contributed by atoms with van der Waals surface area (Å²) in [6.07, 6.45) is 0. The van der Waals surface area contributed by atoms with Crippen LogP contribution in [0.5, 0.6) is 0 Å². The van der Waals surface area contributed by atoms with E-state index >= 15 is 0 Å². The molecule has 3 aliphatic rings. The van der Waals surface area contributed by atoms with Gasteiger partial charge in [0.2, 0.25) is 0 Å². The van der Waals surface area contributed by atoms with Gasteiger partial charge >= 0.3 is 6.03 Å². The van der Waals surface area contributed by atoms with Crippen molar-refractivity contribution in [2.75, 3.05) is 30.3 Å². The maximum Gasteiger partial charge on any atom is 0.322 e. The summed E-state index contributed by atoms with van der Waals surface area (Å²) in [4.78, 5) is 42.1. The minimum atomic E-state index is -3.28. The number of carbonyl (C=O) groups is 3. The van der Waals surface area contributed by atoms with Gasteiger partial charge in [0, 0.05) is 37.8 Å². The van der Waals surface area contributed by atoms with Gasteiger partial charge in [0.1, 0.15) is 0 Å². The van der Waals surface area contributed by atoms with Crippen molar-refractivity contribution < 1.29 is 22.8 Å². The number of rotatable bonds is 5. The van der Waals surface area contributed by atoms with Crippen LogP contribution in [-0.4, -0.2) is 74.2 Å². The second kappa shape index (κ2) is 8.90. The van der Waals surface area contributed by atoms with E-state index in [0.717, 1.165) is 5.56 Å². The Kier molecular flexibility index (Phi) is 6.00. The molecule has 0 aliphatic carbocycles. The number of hydrogen-bond donors (Lipinski definition) is 3. The summed E-state index contributed by atoms with van der Waals surface area (Å²) < 4.78 is 24.8. The summed E-state index contributed by atoms with van der Waals surface area (Å²) in [5.74, 6) is -0.703. The molecule has 2 aromatic carbocycles. The van der Waals surface area contributed by atoms with Gasteiger partial charge in [-0.25, -0.2) is 13.2 Å². The Morgan fingerprint density at radius 2 is 1.86 bits per heavy atom. The third-order valence-corrected chi connectivity index (χ3v) is 8.96. The van der Waals surface area contributed by atoms with Gasteiger partial charge in [-0.15, -0.1) is 0 Å². The average Bonchev–Trinajstić information content (AvgIpc) is 3.35. The molecule has 2 unspecified atom stereocenters. The Morgan fingerprint density at radius 1 is 1.14 bits per heavy atom. The van der Waals surface area contributed by atoms with Crippen LogP contribution in [0.1, 0.15) is 29.8 Å². The van der Waals surface area contributed by atoms with Crippen LogP contribution in [-0.2, 0) is 21.2 Å². The zero-order valence-corrected chi connectivity index (χ0v) is 21.0. The quantitative estimate of drug-likeness (QED) is 0.509. The maximum atomic E-state index is 13.1. The highest BCUT2D eigenvalue weighted by molar-refractivity contribution is 7.91. The lowest BCUT2D eigenvalue weighted by Gasteiger charge is -2.31. The molecule has 3 N–H and O–H groups in total. The number of likely N-dealkylation sites (tertiary alicyclic amines) is 1. The number of hydrogen-bond acceptors (Lipinski definition) is 7. The largest absolute Gasteiger partial charge is 0.365 e. The van der Waals surface area contributed by atoms with Crippen LogP contribution >= 0.6 is 0 Å². The summed E-state index contributed by atoms with van der Waals surface area (Å²) in [7, 11) is -3.28. The molecule has 10 nitrogen and oxygen atoms in total. The summed E-state index contributed by atoms with van der Waals surface area (Å²) in [6.45, 7) is 5.66. The molecule has 0 radical (unpaired) electrons. The van der Waals surface area contributed by atoms with Crippen molar-refractivity contribution in [3.63, 3.8) is 0 Å². The fourth-order valence-electron chi connectivity index (χ4n) is 5.14. The minimum Gasteiger partial charge on any atom is -0.365 e. The first-order chi connectivity index (χ1) is 17.1. The summed E-state index contributed by atoms with van der Waals surface area (Å²) >= 11 is 0. The van der Waals surface area contributed by atoms with E-state index in [0.29, 0.717) is 42.3 Å². The van der Waals surface area contributed by atoms with Crippen molar-refractivity contribution in [1.29, 1.82) is 0 Å². The van der Waals surface area contributed by atoms with Crippen LogP contribution in [0.3, 0.4) is 0 Å². The van der Waals surface area contributed by atoms with Gasteiger partial charge in [-0.05, 0) is 43.7 Å². The maximum absolute atomic E-state index is 13.1. The highest BCUT2D eigenvalue weighted by Gasteiger charge is 2.58. The van der Waals surface area contributed by atoms with E-state index in [4.69, 9.17) is 0 Å². The molecule has 0 bridgehead atoms. The third-order valence-electron chi connectivity index (χ3n) is 7.23. The van der Waals surface area contributed by atoms with Crippen LogP contribution in [0.4, 0.5) is 10.5 Å². The number of amides is 4. The second-order valence-corrected chi connectivity index (χ2v) is 11.9. The molecule has 0 aromatic heterocycles. The molecule has 0 saturated carbocycles. The molecule has 3 heterocycles. The monoisotopic (exact) mass is 511 g/mol. The Hall–Kier alpha value is -3.44. The number of sulfone groups is 1. The van der Waals surface area contributed by atoms with Crippen molar-refractivity contribution in [2.24, 2.45) is 0 Å². The smallest absolute Gasteiger partial charge is 0.322 e. The van der Waals surface area contributed by atoms with Crippen LogP contribution < -0.4 is 20.9 Å². The third kappa shape index (κ3) is 4.22. The van der Waals surface area contributed by atoms with Crippen molar-refractivity contribution in [3.8, 4) is 0 Å². The van der Waals surface area contributed by atoms with E-state index in [9.17, 15) is 22.8 Å². The van der Waals surface area contributed by atoms with Crippen LogP contribution in [0.25, 0.3) is 0 Å². The number of fused-ring (bicyclic) bond motifs is 1. The Balaban J connectivity index is 1.30. The lowest BCUT2D eigenvalue weighted by Crippen LogP contribution is -2.62.